The van der Waals surface area contributed by atoms with Gasteiger partial charge in [0.15, 0.2) is 0 Å². The first-order chi connectivity index (χ1) is 26.2. The van der Waals surface area contributed by atoms with E-state index in [1.54, 1.807) is 20.1 Å². The van der Waals surface area contributed by atoms with Gasteiger partial charge >= 0.3 is 0 Å². The first-order valence-electron chi connectivity index (χ1n) is 20.2. The van der Waals surface area contributed by atoms with Crippen molar-refractivity contribution in [3.8, 4) is 5.75 Å². The molecule has 2 fully saturated rings. The molecule has 1 saturated heterocycles. The monoisotopic (exact) mass is 796 g/mol. The number of amides is 1. The van der Waals surface area contributed by atoms with Crippen LogP contribution in [0.15, 0.2) is 48.6 Å². The molecular formula is C43H61ClN4O6S. The number of carbonyl (C=O) groups excluding carboxylic acids is 1. The Kier molecular flexibility index (Phi) is 11.7. The van der Waals surface area contributed by atoms with Gasteiger partial charge in [-0.3, -0.25) is 14.6 Å². The Labute approximate surface area is 333 Å². The van der Waals surface area contributed by atoms with Gasteiger partial charge in [0.25, 0.3) is 5.91 Å². The molecule has 0 unspecified atom stereocenters. The van der Waals surface area contributed by atoms with Crippen molar-refractivity contribution in [2.75, 3.05) is 78.1 Å². The number of nitrogens with zero attached hydrogens (tertiary/aromatic N) is 3. The average molecular weight is 798 g/mol. The van der Waals surface area contributed by atoms with Crippen LogP contribution >= 0.6 is 11.6 Å². The smallest absolute Gasteiger partial charge is 0.264 e. The van der Waals surface area contributed by atoms with Crippen LogP contribution in [0.2, 0.25) is 5.02 Å². The zero-order valence-electron chi connectivity index (χ0n) is 33.6. The lowest BCUT2D eigenvalue weighted by molar-refractivity contribution is -0.0992. The number of rotatable bonds is 6. The van der Waals surface area contributed by atoms with Crippen molar-refractivity contribution < 1.29 is 27.4 Å². The van der Waals surface area contributed by atoms with E-state index in [0.29, 0.717) is 43.4 Å². The number of hydrogen-bond donors (Lipinski definition) is 1. The number of nitrogens with one attached hydrogen (secondary N) is 1. The van der Waals surface area contributed by atoms with E-state index in [4.69, 9.17) is 25.8 Å². The van der Waals surface area contributed by atoms with Crippen molar-refractivity contribution >= 4 is 33.2 Å². The topological polar surface area (TPSA) is 101 Å². The summed E-state index contributed by atoms with van der Waals surface area (Å²) >= 11 is 6.51. The maximum atomic E-state index is 13.7. The molecule has 12 heteroatoms. The van der Waals surface area contributed by atoms with Gasteiger partial charge in [-0.2, -0.15) is 0 Å². The Morgan fingerprint density at radius 3 is 2.55 bits per heavy atom. The maximum Gasteiger partial charge on any atom is 0.264 e. The van der Waals surface area contributed by atoms with Gasteiger partial charge in [-0.15, -0.1) is 0 Å². The minimum atomic E-state index is -3.97. The van der Waals surface area contributed by atoms with E-state index < -0.39 is 26.8 Å². The van der Waals surface area contributed by atoms with Gasteiger partial charge in [0.2, 0.25) is 10.0 Å². The molecule has 55 heavy (non-hydrogen) atoms. The van der Waals surface area contributed by atoms with Crippen LogP contribution in [0, 0.1) is 17.8 Å². The SMILES string of the molecule is COCC(C)(C)N1CCN(C[C@@]2(OC)/C=C/C[C@H](C)[C@@H](C)S(=O)(=O)NC(=O)c3ccc4c(c3)N(C[C@@H]3CC[C@H]32)C[C@@]2(CCCc3cc(Cl)ccc32)CO4)CC1. The Hall–Kier alpha value is -2.67. The van der Waals surface area contributed by atoms with Crippen LogP contribution < -0.4 is 14.4 Å². The second-order valence-electron chi connectivity index (χ2n) is 17.7. The Morgan fingerprint density at radius 1 is 1.05 bits per heavy atom. The number of piperazine rings is 1. The summed E-state index contributed by atoms with van der Waals surface area (Å²) in [4.78, 5) is 21.2. The van der Waals surface area contributed by atoms with Crippen molar-refractivity contribution in [2.24, 2.45) is 17.8 Å². The van der Waals surface area contributed by atoms with E-state index in [1.165, 1.54) is 11.1 Å². The molecule has 0 radical (unpaired) electrons. The fourth-order valence-corrected chi connectivity index (χ4v) is 11.6. The molecule has 7 rings (SSSR count). The highest BCUT2D eigenvalue weighted by Gasteiger charge is 2.50. The molecule has 6 atom stereocenters. The molecule has 0 aromatic heterocycles. The van der Waals surface area contributed by atoms with Crippen molar-refractivity contribution in [3.05, 3.63) is 70.3 Å². The van der Waals surface area contributed by atoms with E-state index in [1.807, 2.05) is 32.2 Å². The third-order valence-electron chi connectivity index (χ3n) is 13.8. The highest BCUT2D eigenvalue weighted by atomic mass is 35.5. The number of hydrogen-bond acceptors (Lipinski definition) is 9. The zero-order valence-corrected chi connectivity index (χ0v) is 35.2. The number of benzene rings is 2. The predicted octanol–water partition coefficient (Wildman–Crippen LogP) is 6.31. The summed E-state index contributed by atoms with van der Waals surface area (Å²) < 4.78 is 48.7. The van der Waals surface area contributed by atoms with E-state index in [2.05, 4.69) is 57.6 Å². The number of carbonyl (C=O) groups is 1. The molecule has 1 N–H and O–H groups in total. The summed E-state index contributed by atoms with van der Waals surface area (Å²) in [7, 11) is -0.347. The summed E-state index contributed by atoms with van der Waals surface area (Å²) in [5.41, 5.74) is 2.81. The van der Waals surface area contributed by atoms with Gasteiger partial charge in [-0.05, 0) is 119 Å². The van der Waals surface area contributed by atoms with E-state index in [9.17, 15) is 13.2 Å². The van der Waals surface area contributed by atoms with Gasteiger partial charge in [0.1, 0.15) is 11.4 Å². The van der Waals surface area contributed by atoms with Gasteiger partial charge in [-0.1, -0.05) is 36.7 Å². The number of sulfonamides is 1. The number of halogens is 1. The van der Waals surface area contributed by atoms with Crippen LogP contribution in [0.5, 0.6) is 5.75 Å². The molecule has 1 amide bonds. The van der Waals surface area contributed by atoms with Crippen LogP contribution in [0.3, 0.4) is 0 Å². The minimum Gasteiger partial charge on any atom is -0.490 e. The van der Waals surface area contributed by atoms with Crippen LogP contribution in [0.25, 0.3) is 0 Å². The number of anilines is 1. The molecule has 2 bridgehead atoms. The highest BCUT2D eigenvalue weighted by molar-refractivity contribution is 7.90. The lowest BCUT2D eigenvalue weighted by Crippen LogP contribution is -2.61. The molecule has 5 aliphatic rings. The predicted molar refractivity (Wildman–Crippen MR) is 219 cm³/mol. The molecule has 3 heterocycles. The summed E-state index contributed by atoms with van der Waals surface area (Å²) in [6, 6.07) is 11.7. The van der Waals surface area contributed by atoms with Gasteiger partial charge < -0.3 is 19.1 Å². The molecule has 1 saturated carbocycles. The Morgan fingerprint density at radius 2 is 1.84 bits per heavy atom. The van der Waals surface area contributed by atoms with E-state index >= 15 is 0 Å². The summed E-state index contributed by atoms with van der Waals surface area (Å²) in [5, 5.41) is -0.0411. The number of fused-ring (bicyclic) bond motifs is 4. The Balaban J connectivity index is 1.26. The number of methoxy groups -OCH3 is 2. The first kappa shape index (κ1) is 40.5. The third kappa shape index (κ3) is 8.08. The molecule has 2 aromatic carbocycles. The van der Waals surface area contributed by atoms with Crippen LogP contribution in [0.4, 0.5) is 5.69 Å². The second-order valence-corrected chi connectivity index (χ2v) is 20.2. The standard InChI is InChI=1S/C43H61ClN4O6S/c1-30-9-7-18-43(53-6,27-46-19-21-48(22-20-46)41(3,4)28-52-5)37-14-11-34(37)25-47-26-42(17-8-10-32-23-35(44)13-15-36(32)42)29-54-39-16-12-33(24-38(39)47)40(49)45-55(50,51)31(30)2/h7,12-13,15-16,18,23-24,30-31,34,37H,8-11,14,17,19-22,25-29H2,1-6H3,(H,45,49)/b18-7+/t30-,31+,34-,37+,42-,43-/m0/s1. The fourth-order valence-electron chi connectivity index (χ4n) is 10.1. The number of allylic oxidation sites excluding steroid dienone is 1. The van der Waals surface area contributed by atoms with Crippen molar-refractivity contribution in [3.63, 3.8) is 0 Å². The van der Waals surface area contributed by atoms with Crippen LogP contribution in [0.1, 0.15) is 81.3 Å². The first-order valence-corrected chi connectivity index (χ1v) is 22.2. The van der Waals surface area contributed by atoms with Crippen molar-refractivity contribution in [2.45, 2.75) is 88.0 Å². The maximum absolute atomic E-state index is 13.7. The highest BCUT2D eigenvalue weighted by Crippen LogP contribution is 2.49. The molecule has 1 spiro atoms. The average Bonchev–Trinajstić information content (AvgIpc) is 3.29. The Bertz CT molecular complexity index is 1860. The summed E-state index contributed by atoms with van der Waals surface area (Å²) in [6.07, 6.45) is 10.0. The lowest BCUT2D eigenvalue weighted by Gasteiger charge is -2.53. The third-order valence-corrected chi connectivity index (χ3v) is 16.0. The van der Waals surface area contributed by atoms with E-state index in [0.717, 1.165) is 82.1 Å². The van der Waals surface area contributed by atoms with Gasteiger partial charge in [0.05, 0.1) is 24.2 Å². The molecule has 2 aromatic rings. The van der Waals surface area contributed by atoms with Crippen molar-refractivity contribution in [1.82, 2.24) is 14.5 Å². The number of ether oxygens (including phenoxy) is 3. The van der Waals surface area contributed by atoms with E-state index in [-0.39, 0.29) is 22.8 Å². The van der Waals surface area contributed by atoms with Gasteiger partial charge in [0, 0.05) is 81.6 Å². The molecule has 3 aliphatic heterocycles. The molecule has 302 valence electrons. The van der Waals surface area contributed by atoms with Crippen molar-refractivity contribution in [1.29, 1.82) is 0 Å². The van der Waals surface area contributed by atoms with Crippen LogP contribution in [-0.2, 0) is 31.3 Å². The molecule has 10 nitrogen and oxygen atoms in total. The van der Waals surface area contributed by atoms with Crippen LogP contribution in [-0.4, -0.2) is 114 Å². The summed E-state index contributed by atoms with van der Waals surface area (Å²) in [6.45, 7) is 15.3. The normalized spacial score (nSPS) is 32.3. The molecular weight excluding hydrogens is 736 g/mol. The summed E-state index contributed by atoms with van der Waals surface area (Å²) in [5.74, 6) is 0.432. The lowest BCUT2D eigenvalue weighted by atomic mass is 9.63. The molecule has 2 aliphatic carbocycles. The largest absolute Gasteiger partial charge is 0.490 e. The van der Waals surface area contributed by atoms with Gasteiger partial charge in [-0.25, -0.2) is 13.1 Å². The number of aryl methyl sites for hydroxylation is 1. The zero-order chi connectivity index (χ0) is 39.2. The second kappa shape index (κ2) is 15.9. The minimum absolute atomic E-state index is 0.0388. The fraction of sp³-hybridized carbons (Fsp3) is 0.651. The quantitative estimate of drug-likeness (QED) is 0.338.